The summed E-state index contributed by atoms with van der Waals surface area (Å²) in [5, 5.41) is 48.3. The van der Waals surface area contributed by atoms with Crippen LogP contribution in [0.2, 0.25) is 0 Å². The molecule has 3 aromatic rings. The second kappa shape index (κ2) is 30.4. The minimum Gasteiger partial charge on any atom is -0.480 e. The number of carboxylic acids is 1. The zero-order chi connectivity index (χ0) is 57.8. The minimum atomic E-state index is -1.74. The van der Waals surface area contributed by atoms with Gasteiger partial charge in [-0.2, -0.15) is 12.6 Å². The van der Waals surface area contributed by atoms with Gasteiger partial charge in [-0.05, 0) is 62.1 Å². The number of aromatic amines is 1. The number of carbonyl (C=O) groups excluding carboxylic acids is 10. The van der Waals surface area contributed by atoms with Gasteiger partial charge in [0.2, 0.25) is 59.1 Å². The van der Waals surface area contributed by atoms with Gasteiger partial charge in [-0.3, -0.25) is 47.9 Å². The molecule has 0 bridgehead atoms. The molecule has 10 atom stereocenters. The highest BCUT2D eigenvalue weighted by Gasteiger charge is 2.41. The molecule has 10 amide bonds. The fraction of sp³-hybridized carbons (Fsp3) is 0.510. The van der Waals surface area contributed by atoms with Gasteiger partial charge in [-0.25, -0.2) is 4.79 Å². The minimum absolute atomic E-state index is 0.0587. The molecular weight excluding hydrogens is 1040 g/mol. The summed E-state index contributed by atoms with van der Waals surface area (Å²) in [7, 11) is 0. The zero-order valence-electron chi connectivity index (χ0n) is 43.6. The number of fused-ring (bicyclic) bond motifs is 1. The van der Waals surface area contributed by atoms with Crippen molar-refractivity contribution in [3.63, 3.8) is 0 Å². The van der Waals surface area contributed by atoms with E-state index in [2.05, 4.69) is 54.8 Å². The Kier molecular flexibility index (Phi) is 24.5. The number of likely N-dealkylation sites (tertiary alicyclic amines) is 1. The van der Waals surface area contributed by atoms with Crippen molar-refractivity contribution in [1.82, 2.24) is 47.1 Å². The van der Waals surface area contributed by atoms with Crippen LogP contribution >= 0.6 is 12.6 Å². The van der Waals surface area contributed by atoms with E-state index in [4.69, 9.17) is 17.2 Å². The van der Waals surface area contributed by atoms with Gasteiger partial charge in [0.05, 0.1) is 18.8 Å². The number of benzene rings is 2. The first-order chi connectivity index (χ1) is 36.9. The van der Waals surface area contributed by atoms with Gasteiger partial charge in [0.15, 0.2) is 6.04 Å². The first-order valence-corrected chi connectivity index (χ1v) is 26.0. The lowest BCUT2D eigenvalue weighted by Gasteiger charge is -2.31. The van der Waals surface area contributed by atoms with E-state index in [1.54, 1.807) is 74.6 Å². The molecule has 27 heteroatoms. The Morgan fingerprint density at radius 3 is 1.83 bits per heavy atom. The highest BCUT2D eigenvalue weighted by Crippen LogP contribution is 2.23. The molecule has 1 aliphatic heterocycles. The van der Waals surface area contributed by atoms with E-state index in [9.17, 15) is 68.1 Å². The lowest BCUT2D eigenvalue weighted by Crippen LogP contribution is -2.61. The third-order valence-corrected chi connectivity index (χ3v) is 13.2. The molecule has 426 valence electrons. The number of aliphatic hydroxyl groups excluding tert-OH is 2. The van der Waals surface area contributed by atoms with Gasteiger partial charge in [-0.1, -0.05) is 62.4 Å². The number of H-pyrrole nitrogens is 1. The van der Waals surface area contributed by atoms with E-state index in [0.717, 1.165) is 10.9 Å². The fourth-order valence-electron chi connectivity index (χ4n) is 8.64. The highest BCUT2D eigenvalue weighted by molar-refractivity contribution is 7.80. The highest BCUT2D eigenvalue weighted by atomic mass is 32.1. The monoisotopic (exact) mass is 1110 g/mol. The number of carboxylic acid groups (broad SMARTS) is 1. The molecule has 2 heterocycles. The molecule has 0 spiro atoms. The van der Waals surface area contributed by atoms with E-state index >= 15 is 0 Å². The molecule has 1 aromatic heterocycles. The first kappa shape index (κ1) is 62.9. The summed E-state index contributed by atoms with van der Waals surface area (Å²) in [4.78, 5) is 150. The molecule has 26 nitrogen and oxygen atoms in total. The van der Waals surface area contributed by atoms with Crippen molar-refractivity contribution >= 4 is 88.6 Å². The smallest absolute Gasteiger partial charge is 0.328 e. The molecule has 4 rings (SSSR count). The van der Waals surface area contributed by atoms with Crippen LogP contribution in [0.25, 0.3) is 10.9 Å². The number of aliphatic hydroxyl groups is 2. The van der Waals surface area contributed by atoms with Crippen molar-refractivity contribution in [3.05, 3.63) is 71.9 Å². The number of primary amides is 2. The largest absolute Gasteiger partial charge is 0.480 e. The number of hydrogen-bond donors (Lipinski definition) is 15. The SMILES string of the molecule is CC(C)C[C@H](NC(=O)[C@H](CS)NC(=O)[C@H](CO)NC(=O)[C@H](Cc1ccccc1)NC(=O)[C@H](CCC(N)=O)NC(=O)[C@@H](N)CCC(N)=O)C(=O)N1CCC[C@H]1C(=O)N[C@@H](Cc1c[nH]c2ccccc12)C(=O)N[C@H](C(=O)O)[C@@H](C)O. The van der Waals surface area contributed by atoms with Crippen LogP contribution in [0.4, 0.5) is 0 Å². The third kappa shape index (κ3) is 18.8. The van der Waals surface area contributed by atoms with Gasteiger partial charge >= 0.3 is 5.97 Å². The molecule has 1 aliphatic rings. The zero-order valence-corrected chi connectivity index (χ0v) is 44.5. The normalized spacial score (nSPS) is 16.7. The van der Waals surface area contributed by atoms with Crippen LogP contribution in [0.5, 0.6) is 0 Å². The maximum Gasteiger partial charge on any atom is 0.328 e. The number of carbonyl (C=O) groups is 11. The van der Waals surface area contributed by atoms with E-state index in [1.165, 1.54) is 11.8 Å². The average molecular weight is 1110 g/mol. The summed E-state index contributed by atoms with van der Waals surface area (Å²) in [5.41, 5.74) is 18.3. The number of nitrogens with zero attached hydrogens (tertiary/aromatic N) is 1. The predicted molar refractivity (Wildman–Crippen MR) is 285 cm³/mol. The van der Waals surface area contributed by atoms with Crippen molar-refractivity contribution in [2.24, 2.45) is 23.1 Å². The molecule has 0 aliphatic carbocycles. The van der Waals surface area contributed by atoms with Crippen LogP contribution in [0.15, 0.2) is 60.8 Å². The van der Waals surface area contributed by atoms with Crippen LogP contribution in [-0.2, 0) is 65.6 Å². The number of hydrogen-bond acceptors (Lipinski definition) is 15. The van der Waals surface area contributed by atoms with Gasteiger partial charge in [0, 0.05) is 55.1 Å². The number of nitrogens with two attached hydrogens (primary N) is 3. The molecule has 0 unspecified atom stereocenters. The van der Waals surface area contributed by atoms with E-state index in [1.807, 2.05) is 0 Å². The summed E-state index contributed by atoms with van der Waals surface area (Å²) in [5.74, 6) is -10.7. The van der Waals surface area contributed by atoms with Crippen LogP contribution in [-0.4, -0.2) is 170 Å². The Morgan fingerprint density at radius 1 is 0.679 bits per heavy atom. The molecule has 2 aromatic carbocycles. The number of aromatic nitrogens is 1. The van der Waals surface area contributed by atoms with Crippen molar-refractivity contribution in [3.8, 4) is 0 Å². The Labute approximate surface area is 455 Å². The molecule has 1 fully saturated rings. The number of aliphatic carboxylic acids is 1. The van der Waals surface area contributed by atoms with E-state index in [-0.39, 0.29) is 69.6 Å². The first-order valence-electron chi connectivity index (χ1n) is 25.4. The van der Waals surface area contributed by atoms with Gasteiger partial charge < -0.3 is 79.6 Å². The Morgan fingerprint density at radius 2 is 1.22 bits per heavy atom. The van der Waals surface area contributed by atoms with Crippen molar-refractivity contribution < 1.29 is 68.1 Å². The van der Waals surface area contributed by atoms with Crippen LogP contribution in [0.1, 0.15) is 76.8 Å². The van der Waals surface area contributed by atoms with Crippen molar-refractivity contribution in [1.29, 1.82) is 0 Å². The van der Waals surface area contributed by atoms with Gasteiger partial charge in [-0.15, -0.1) is 0 Å². The lowest BCUT2D eigenvalue weighted by molar-refractivity contribution is -0.145. The van der Waals surface area contributed by atoms with E-state index < -0.39 is 132 Å². The molecule has 0 saturated carbocycles. The second-order valence-electron chi connectivity index (χ2n) is 19.5. The standard InChI is InChI=1S/C51H72N12O14S/c1-26(2)20-36(50(75)63-19-9-14-39(63)49(74)58-35(46(71)62-42(27(3)65)51(76)77)22-29-23-55-32-13-8-7-12-30(29)32)59-48(73)38(25-78)61-47(72)37(24-64)60-45(70)34(21-28-10-5-4-6-11-28)57-44(69)33(16-18-41(54)67)56-43(68)31(52)15-17-40(53)66/h4-8,10-13,23,26-27,31,33-39,42,55,64-65,78H,9,14-22,24-25,52H2,1-3H3,(H2,53,66)(H2,54,67)(H,56,68)(H,57,69)(H,58,74)(H,59,73)(H,60,70)(H,61,72)(H,62,71)(H,76,77)/t27-,31+,33+,34+,35+,36+,37+,38+,39+,42+/m1/s1. The summed E-state index contributed by atoms with van der Waals surface area (Å²) >= 11 is 4.25. The summed E-state index contributed by atoms with van der Waals surface area (Å²) in [6, 6.07) is 2.56. The summed E-state index contributed by atoms with van der Waals surface area (Å²) in [6.07, 6.45) is -0.658. The Bertz CT molecular complexity index is 2620. The molecule has 0 radical (unpaired) electrons. The Hall–Kier alpha value is -7.62. The molecular formula is C51H72N12O14S. The Balaban J connectivity index is 1.50. The van der Waals surface area contributed by atoms with Crippen molar-refractivity contribution in [2.75, 3.05) is 18.9 Å². The van der Waals surface area contributed by atoms with Gasteiger partial charge in [0.25, 0.3) is 0 Å². The maximum absolute atomic E-state index is 14.4. The number of nitrogens with one attached hydrogen (secondary N) is 8. The quantitative estimate of drug-likeness (QED) is 0.0280. The second-order valence-corrected chi connectivity index (χ2v) is 19.9. The van der Waals surface area contributed by atoms with Gasteiger partial charge in [0.1, 0.15) is 42.3 Å². The summed E-state index contributed by atoms with van der Waals surface area (Å²) in [6.45, 7) is 3.83. The maximum atomic E-state index is 14.4. The summed E-state index contributed by atoms with van der Waals surface area (Å²) < 4.78 is 0. The van der Waals surface area contributed by atoms with Crippen LogP contribution < -0.4 is 54.4 Å². The fourth-order valence-corrected chi connectivity index (χ4v) is 8.89. The van der Waals surface area contributed by atoms with Crippen LogP contribution in [0, 0.1) is 5.92 Å². The third-order valence-electron chi connectivity index (χ3n) is 12.8. The number of thiol groups is 1. The number of amides is 10. The van der Waals surface area contributed by atoms with Crippen molar-refractivity contribution in [2.45, 2.75) is 139 Å². The van der Waals surface area contributed by atoms with E-state index in [0.29, 0.717) is 17.5 Å². The van der Waals surface area contributed by atoms with Crippen LogP contribution in [0.3, 0.4) is 0 Å². The lowest BCUT2D eigenvalue weighted by atomic mass is 10.0. The topological polar surface area (TPSA) is 430 Å². The average Bonchev–Trinajstić information content (AvgIpc) is 4.08. The molecule has 17 N–H and O–H groups in total. The number of para-hydroxylation sites is 1. The molecule has 78 heavy (non-hydrogen) atoms. The number of rotatable bonds is 31. The molecule has 1 saturated heterocycles. The predicted octanol–water partition coefficient (Wildman–Crippen LogP) is -3.37.